The first-order valence-electron chi connectivity index (χ1n) is 23.6. The predicted octanol–water partition coefficient (Wildman–Crippen LogP) is 15.8. The highest BCUT2D eigenvalue weighted by Crippen LogP contribution is 2.29. The number of rotatable bonds is 36. The Morgan fingerprint density at radius 2 is 0.603 bits per heavy atom. The summed E-state index contributed by atoms with van der Waals surface area (Å²) in [6.45, 7) is 5.87. The zero-order chi connectivity index (χ0) is 41.1. The molecule has 0 atom stereocenters. The molecule has 322 valence electrons. The van der Waals surface area contributed by atoms with Crippen molar-refractivity contribution in [3.8, 4) is 23.0 Å². The Balaban J connectivity index is 1.25. The van der Waals surface area contributed by atoms with Crippen LogP contribution in [0.4, 0.5) is 0 Å². The average Bonchev–Trinajstić information content (AvgIpc) is 3.24. The van der Waals surface area contributed by atoms with Gasteiger partial charge in [-0.25, -0.2) is 9.59 Å². The van der Waals surface area contributed by atoms with Crippen LogP contribution in [-0.4, -0.2) is 25.2 Å². The number of carbonyl (C=O) groups is 2. The molecule has 3 rings (SSSR count). The highest BCUT2D eigenvalue weighted by atomic mass is 16.6. The maximum absolute atomic E-state index is 13.0. The third kappa shape index (κ3) is 23.0. The number of unbranched alkanes of at least 4 members (excludes halogenated alkanes) is 26. The van der Waals surface area contributed by atoms with E-state index in [1.165, 1.54) is 167 Å². The highest BCUT2D eigenvalue weighted by molar-refractivity contribution is 5.93. The van der Waals surface area contributed by atoms with E-state index < -0.39 is 11.9 Å². The maximum atomic E-state index is 13.0. The van der Waals surface area contributed by atoms with Crippen molar-refractivity contribution in [2.24, 2.45) is 0 Å². The molecule has 0 spiro atoms. The second-order valence-corrected chi connectivity index (χ2v) is 16.2. The summed E-state index contributed by atoms with van der Waals surface area (Å²) >= 11 is 0. The summed E-state index contributed by atoms with van der Waals surface area (Å²) in [5, 5.41) is 0. The van der Waals surface area contributed by atoms with Gasteiger partial charge >= 0.3 is 11.9 Å². The lowest BCUT2D eigenvalue weighted by atomic mass is 10.0. The first-order valence-corrected chi connectivity index (χ1v) is 23.6. The number of hydrogen-bond donors (Lipinski definition) is 0. The van der Waals surface area contributed by atoms with Crippen LogP contribution in [0.5, 0.6) is 23.0 Å². The van der Waals surface area contributed by atoms with Crippen LogP contribution in [0.25, 0.3) is 0 Å². The van der Waals surface area contributed by atoms with E-state index in [0.29, 0.717) is 24.3 Å². The van der Waals surface area contributed by atoms with Crippen molar-refractivity contribution in [3.05, 3.63) is 83.9 Å². The third-order valence-electron chi connectivity index (χ3n) is 11.0. The Bertz CT molecular complexity index is 1340. The van der Waals surface area contributed by atoms with Crippen molar-refractivity contribution in [3.63, 3.8) is 0 Å². The van der Waals surface area contributed by atoms with Crippen molar-refractivity contribution in [2.45, 2.75) is 194 Å². The minimum Gasteiger partial charge on any atom is -0.494 e. The van der Waals surface area contributed by atoms with Crippen molar-refractivity contribution in [1.29, 1.82) is 0 Å². The molecule has 0 N–H and O–H groups in total. The van der Waals surface area contributed by atoms with E-state index in [-0.39, 0.29) is 11.5 Å². The van der Waals surface area contributed by atoms with Gasteiger partial charge in [0.2, 0.25) is 0 Å². The largest absolute Gasteiger partial charge is 0.494 e. The van der Waals surface area contributed by atoms with E-state index >= 15 is 0 Å². The molecule has 0 aliphatic rings. The monoisotopic (exact) mass is 799 g/mol. The van der Waals surface area contributed by atoms with Gasteiger partial charge in [0.15, 0.2) is 11.5 Å². The normalized spacial score (nSPS) is 11.1. The molecule has 0 aliphatic carbocycles. The van der Waals surface area contributed by atoms with Crippen molar-refractivity contribution >= 4 is 11.9 Å². The van der Waals surface area contributed by atoms with Gasteiger partial charge in [0.25, 0.3) is 0 Å². The van der Waals surface area contributed by atoms with Crippen LogP contribution in [0.15, 0.2) is 72.8 Å². The van der Waals surface area contributed by atoms with Gasteiger partial charge in [0.1, 0.15) is 11.5 Å². The molecule has 0 unspecified atom stereocenters. The number of para-hydroxylation sites is 2. The number of ether oxygens (including phenoxy) is 4. The fourth-order valence-corrected chi connectivity index (χ4v) is 7.28. The Morgan fingerprint density at radius 1 is 0.345 bits per heavy atom. The zero-order valence-corrected chi connectivity index (χ0v) is 36.6. The Hall–Kier alpha value is -3.80. The molecule has 0 bridgehead atoms. The molecule has 0 fully saturated rings. The standard InChI is InChI=1S/C52H78O6/c1-3-5-7-9-11-13-15-17-19-21-23-25-27-31-43-55-47-39-35-45(36-40-47)51(53)57-49-33-29-30-34-50(49)58-52(54)46-37-41-48(42-38-46)56-44-32-28-26-24-22-20-18-16-14-12-10-8-6-4-2/h29-30,33-42H,3-28,31-32,43-44H2,1-2H3. The van der Waals surface area contributed by atoms with Crippen LogP contribution in [-0.2, 0) is 0 Å². The summed E-state index contributed by atoms with van der Waals surface area (Å²) in [4.78, 5) is 26.0. The summed E-state index contributed by atoms with van der Waals surface area (Å²) in [6.07, 6.45) is 37.1. The molecule has 0 heterocycles. The van der Waals surface area contributed by atoms with Crippen LogP contribution in [0, 0.1) is 0 Å². The van der Waals surface area contributed by atoms with E-state index in [1.54, 1.807) is 72.8 Å². The van der Waals surface area contributed by atoms with Crippen LogP contribution in [0.2, 0.25) is 0 Å². The lowest BCUT2D eigenvalue weighted by Crippen LogP contribution is -2.12. The van der Waals surface area contributed by atoms with Crippen molar-refractivity contribution < 1.29 is 28.5 Å². The second kappa shape index (κ2) is 33.1. The fourth-order valence-electron chi connectivity index (χ4n) is 7.28. The van der Waals surface area contributed by atoms with Crippen LogP contribution < -0.4 is 18.9 Å². The highest BCUT2D eigenvalue weighted by Gasteiger charge is 2.16. The minimum absolute atomic E-state index is 0.173. The van der Waals surface area contributed by atoms with Gasteiger partial charge < -0.3 is 18.9 Å². The lowest BCUT2D eigenvalue weighted by molar-refractivity contribution is 0.0682. The van der Waals surface area contributed by atoms with E-state index in [9.17, 15) is 9.59 Å². The second-order valence-electron chi connectivity index (χ2n) is 16.2. The molecular weight excluding hydrogens is 721 g/mol. The van der Waals surface area contributed by atoms with Gasteiger partial charge in [-0.3, -0.25) is 0 Å². The van der Waals surface area contributed by atoms with E-state index in [1.807, 2.05) is 0 Å². The Kier molecular flexibility index (Phi) is 27.7. The average molecular weight is 799 g/mol. The van der Waals surface area contributed by atoms with Crippen LogP contribution in [0.1, 0.15) is 214 Å². The Morgan fingerprint density at radius 3 is 0.879 bits per heavy atom. The van der Waals surface area contributed by atoms with Gasteiger partial charge in [-0.05, 0) is 73.5 Å². The maximum Gasteiger partial charge on any atom is 0.343 e. The van der Waals surface area contributed by atoms with Crippen molar-refractivity contribution in [1.82, 2.24) is 0 Å². The molecule has 0 radical (unpaired) electrons. The van der Waals surface area contributed by atoms with E-state index in [4.69, 9.17) is 18.9 Å². The van der Waals surface area contributed by atoms with Crippen LogP contribution >= 0.6 is 0 Å². The molecule has 6 nitrogen and oxygen atoms in total. The number of hydrogen-bond acceptors (Lipinski definition) is 6. The molecule has 3 aromatic carbocycles. The van der Waals surface area contributed by atoms with Crippen LogP contribution in [0.3, 0.4) is 0 Å². The number of esters is 2. The van der Waals surface area contributed by atoms with E-state index in [2.05, 4.69) is 13.8 Å². The Labute approximate surface area is 353 Å². The molecule has 0 saturated carbocycles. The van der Waals surface area contributed by atoms with Gasteiger partial charge in [-0.1, -0.05) is 193 Å². The molecule has 6 heteroatoms. The quantitative estimate of drug-likeness (QED) is 0.0331. The molecule has 58 heavy (non-hydrogen) atoms. The molecule has 3 aromatic rings. The summed E-state index contributed by atoms with van der Waals surface area (Å²) < 4.78 is 23.2. The SMILES string of the molecule is CCCCCCCCCCCCCCCCOc1ccc(C(=O)Oc2ccccc2OC(=O)c2ccc(OCCCCCCCCCCCCCCCC)cc2)cc1. The summed E-state index contributed by atoms with van der Waals surface area (Å²) in [5.74, 6) is 0.725. The lowest BCUT2D eigenvalue weighted by Gasteiger charge is -2.11. The topological polar surface area (TPSA) is 71.1 Å². The fraction of sp³-hybridized carbons (Fsp3) is 0.615. The molecule has 0 aliphatic heterocycles. The van der Waals surface area contributed by atoms with Gasteiger partial charge in [-0.15, -0.1) is 0 Å². The predicted molar refractivity (Wildman–Crippen MR) is 241 cm³/mol. The van der Waals surface area contributed by atoms with Gasteiger partial charge in [0, 0.05) is 0 Å². The first kappa shape index (κ1) is 48.6. The summed E-state index contributed by atoms with van der Waals surface area (Å²) in [5.41, 5.74) is 0.768. The minimum atomic E-state index is -0.540. The smallest absolute Gasteiger partial charge is 0.343 e. The van der Waals surface area contributed by atoms with Gasteiger partial charge in [-0.2, -0.15) is 0 Å². The third-order valence-corrected chi connectivity index (χ3v) is 11.0. The molecule has 0 saturated heterocycles. The first-order chi connectivity index (χ1) is 28.6. The summed E-state index contributed by atoms with van der Waals surface area (Å²) in [6, 6.07) is 20.6. The molecular formula is C52H78O6. The van der Waals surface area contributed by atoms with Gasteiger partial charge in [0.05, 0.1) is 24.3 Å². The molecule has 0 aromatic heterocycles. The van der Waals surface area contributed by atoms with E-state index in [0.717, 1.165) is 24.3 Å². The molecule has 0 amide bonds. The number of benzene rings is 3. The number of carbonyl (C=O) groups excluding carboxylic acids is 2. The van der Waals surface area contributed by atoms with Crippen molar-refractivity contribution in [2.75, 3.05) is 13.2 Å². The zero-order valence-electron chi connectivity index (χ0n) is 36.6. The summed E-state index contributed by atoms with van der Waals surface area (Å²) in [7, 11) is 0.